The zero-order chi connectivity index (χ0) is 17.6. The number of nitrogens with zero attached hydrogens (tertiary/aromatic N) is 1. The first-order valence-corrected chi connectivity index (χ1v) is 7.76. The molecule has 0 aliphatic carbocycles. The molecule has 0 fully saturated rings. The molecule has 0 spiro atoms. The number of ether oxygens (including phenoxy) is 1. The molecule has 3 rings (SSSR count). The summed E-state index contributed by atoms with van der Waals surface area (Å²) in [6.45, 7) is 1.85. The lowest BCUT2D eigenvalue weighted by Gasteiger charge is -2.10. The number of carbonyl (C=O) groups is 1. The monoisotopic (exact) mass is 335 g/mol. The van der Waals surface area contributed by atoms with Crippen molar-refractivity contribution in [3.8, 4) is 17.0 Å². The predicted octanol–water partition coefficient (Wildman–Crippen LogP) is 2.76. The molecule has 0 aliphatic rings. The molecule has 0 radical (unpaired) electrons. The van der Waals surface area contributed by atoms with Crippen LogP contribution in [0, 0.1) is 6.92 Å². The Hall–Kier alpha value is -3.41. The highest BCUT2D eigenvalue weighted by atomic mass is 16.5. The molecule has 2 aromatic carbocycles. The molecule has 1 amide bonds. The zero-order valence-corrected chi connectivity index (χ0v) is 13.7. The van der Waals surface area contributed by atoms with Crippen LogP contribution in [0.15, 0.2) is 65.5 Å². The van der Waals surface area contributed by atoms with Gasteiger partial charge < -0.3 is 10.1 Å². The third kappa shape index (κ3) is 4.32. The summed E-state index contributed by atoms with van der Waals surface area (Å²) in [6, 6.07) is 17.8. The van der Waals surface area contributed by atoms with E-state index in [4.69, 9.17) is 4.74 Å². The van der Waals surface area contributed by atoms with Crippen LogP contribution in [0.2, 0.25) is 0 Å². The van der Waals surface area contributed by atoms with Crippen LogP contribution in [0.25, 0.3) is 11.3 Å². The third-order valence-corrected chi connectivity index (χ3v) is 3.57. The molecule has 0 saturated carbocycles. The number of para-hydroxylation sites is 1. The molecule has 0 atom stereocenters. The summed E-state index contributed by atoms with van der Waals surface area (Å²) in [5.41, 5.74) is 2.74. The van der Waals surface area contributed by atoms with Gasteiger partial charge in [-0.05, 0) is 36.8 Å². The van der Waals surface area contributed by atoms with Crippen molar-refractivity contribution in [2.24, 2.45) is 0 Å². The molecule has 6 heteroatoms. The van der Waals surface area contributed by atoms with Gasteiger partial charge in [0.2, 0.25) is 0 Å². The molecular formula is C19H17N3O3. The summed E-state index contributed by atoms with van der Waals surface area (Å²) in [5, 5.41) is 9.16. The first-order chi connectivity index (χ1) is 12.1. The largest absolute Gasteiger partial charge is 0.483 e. The van der Waals surface area contributed by atoms with Gasteiger partial charge in [0.15, 0.2) is 6.61 Å². The average Bonchev–Trinajstić information content (AvgIpc) is 2.62. The van der Waals surface area contributed by atoms with Crippen LogP contribution in [-0.2, 0) is 4.79 Å². The fourth-order valence-electron chi connectivity index (χ4n) is 2.32. The Morgan fingerprint density at radius 3 is 2.72 bits per heavy atom. The molecule has 25 heavy (non-hydrogen) atoms. The van der Waals surface area contributed by atoms with Gasteiger partial charge in [-0.2, -0.15) is 5.10 Å². The van der Waals surface area contributed by atoms with Crippen LogP contribution in [0.4, 0.5) is 5.69 Å². The number of aromatic amines is 1. The van der Waals surface area contributed by atoms with Crippen molar-refractivity contribution in [3.05, 3.63) is 76.6 Å². The molecule has 0 bridgehead atoms. The van der Waals surface area contributed by atoms with Gasteiger partial charge in [-0.3, -0.25) is 9.59 Å². The third-order valence-electron chi connectivity index (χ3n) is 3.57. The first kappa shape index (κ1) is 16.4. The maximum Gasteiger partial charge on any atom is 0.264 e. The van der Waals surface area contributed by atoms with Crippen LogP contribution in [0.3, 0.4) is 0 Å². The van der Waals surface area contributed by atoms with Gasteiger partial charge in [0.1, 0.15) is 5.75 Å². The lowest BCUT2D eigenvalue weighted by molar-refractivity contribution is -0.118. The van der Waals surface area contributed by atoms with Crippen molar-refractivity contribution in [2.45, 2.75) is 6.92 Å². The molecule has 6 nitrogen and oxygen atoms in total. The molecule has 1 aromatic heterocycles. The molecular weight excluding hydrogens is 318 g/mol. The van der Waals surface area contributed by atoms with E-state index in [9.17, 15) is 9.59 Å². The minimum atomic E-state index is -0.262. The molecule has 1 heterocycles. The van der Waals surface area contributed by atoms with E-state index < -0.39 is 0 Å². The second-order valence-electron chi connectivity index (χ2n) is 5.49. The van der Waals surface area contributed by atoms with Gasteiger partial charge in [0.25, 0.3) is 11.5 Å². The van der Waals surface area contributed by atoms with Crippen LogP contribution >= 0.6 is 0 Å². The number of aromatic nitrogens is 2. The number of aryl methyl sites for hydroxylation is 1. The standard InChI is InChI=1S/C19H17N3O3/c1-13-5-2-3-8-17(13)25-12-19(24)20-15-7-4-6-14(11-15)16-9-10-18(23)22-21-16/h2-11H,12H2,1H3,(H,20,24)(H,22,23). The highest BCUT2D eigenvalue weighted by molar-refractivity contribution is 5.92. The number of nitrogens with one attached hydrogen (secondary N) is 2. The minimum absolute atomic E-state index is 0.0774. The summed E-state index contributed by atoms with van der Waals surface area (Å²) in [4.78, 5) is 23.2. The van der Waals surface area contributed by atoms with Gasteiger partial charge in [0.05, 0.1) is 5.69 Å². The van der Waals surface area contributed by atoms with Crippen LogP contribution in [0.5, 0.6) is 5.75 Å². The van der Waals surface area contributed by atoms with E-state index in [-0.39, 0.29) is 18.1 Å². The summed E-state index contributed by atoms with van der Waals surface area (Å²) in [6.07, 6.45) is 0. The van der Waals surface area contributed by atoms with E-state index in [1.54, 1.807) is 24.3 Å². The number of anilines is 1. The van der Waals surface area contributed by atoms with Crippen molar-refractivity contribution in [3.63, 3.8) is 0 Å². The van der Waals surface area contributed by atoms with Gasteiger partial charge in [-0.1, -0.05) is 30.3 Å². The summed E-state index contributed by atoms with van der Waals surface area (Å²) in [7, 11) is 0. The van der Waals surface area contributed by atoms with E-state index in [2.05, 4.69) is 15.5 Å². The molecule has 0 unspecified atom stereocenters. The Kier molecular flexibility index (Phi) is 4.89. The highest BCUT2D eigenvalue weighted by Gasteiger charge is 2.07. The van der Waals surface area contributed by atoms with Gasteiger partial charge >= 0.3 is 0 Å². The number of rotatable bonds is 5. The average molecular weight is 335 g/mol. The molecule has 0 aliphatic heterocycles. The Balaban J connectivity index is 1.65. The van der Waals surface area contributed by atoms with Gasteiger partial charge in [-0.25, -0.2) is 5.10 Å². The second kappa shape index (κ2) is 7.44. The first-order valence-electron chi connectivity index (χ1n) is 7.76. The fourth-order valence-corrected chi connectivity index (χ4v) is 2.32. The quantitative estimate of drug-likeness (QED) is 0.751. The lowest BCUT2D eigenvalue weighted by Crippen LogP contribution is -2.20. The van der Waals surface area contributed by atoms with E-state index in [0.717, 1.165) is 11.1 Å². The Bertz CT molecular complexity index is 930. The minimum Gasteiger partial charge on any atom is -0.483 e. The summed E-state index contributed by atoms with van der Waals surface area (Å²) < 4.78 is 5.53. The molecule has 3 aromatic rings. The number of amides is 1. The van der Waals surface area contributed by atoms with Crippen molar-refractivity contribution >= 4 is 11.6 Å². The Morgan fingerprint density at radius 1 is 1.12 bits per heavy atom. The zero-order valence-electron chi connectivity index (χ0n) is 13.7. The van der Waals surface area contributed by atoms with Crippen LogP contribution < -0.4 is 15.6 Å². The number of benzene rings is 2. The van der Waals surface area contributed by atoms with Crippen LogP contribution in [0.1, 0.15) is 5.56 Å². The SMILES string of the molecule is Cc1ccccc1OCC(=O)Nc1cccc(-c2ccc(=O)[nH]n2)c1. The summed E-state index contributed by atoms with van der Waals surface area (Å²) in [5.74, 6) is 0.429. The van der Waals surface area contributed by atoms with E-state index in [1.165, 1.54) is 6.07 Å². The molecule has 126 valence electrons. The topological polar surface area (TPSA) is 84.1 Å². The molecule has 2 N–H and O–H groups in total. The van der Waals surface area contributed by atoms with Crippen molar-refractivity contribution in [1.82, 2.24) is 10.2 Å². The number of hydrogen-bond acceptors (Lipinski definition) is 4. The predicted molar refractivity (Wildman–Crippen MR) is 95.6 cm³/mol. The number of H-pyrrole nitrogens is 1. The number of carbonyl (C=O) groups excluding carboxylic acids is 1. The Morgan fingerprint density at radius 2 is 1.96 bits per heavy atom. The van der Waals surface area contributed by atoms with E-state index in [0.29, 0.717) is 17.1 Å². The van der Waals surface area contributed by atoms with Crippen molar-refractivity contribution < 1.29 is 9.53 Å². The smallest absolute Gasteiger partial charge is 0.264 e. The van der Waals surface area contributed by atoms with Gasteiger partial charge in [-0.15, -0.1) is 0 Å². The van der Waals surface area contributed by atoms with Crippen molar-refractivity contribution in [1.29, 1.82) is 0 Å². The lowest BCUT2D eigenvalue weighted by atomic mass is 10.1. The van der Waals surface area contributed by atoms with E-state index in [1.807, 2.05) is 37.3 Å². The maximum atomic E-state index is 12.1. The molecule has 0 saturated heterocycles. The van der Waals surface area contributed by atoms with Crippen molar-refractivity contribution in [2.75, 3.05) is 11.9 Å². The normalized spacial score (nSPS) is 10.3. The fraction of sp³-hybridized carbons (Fsp3) is 0.105. The number of hydrogen-bond donors (Lipinski definition) is 2. The van der Waals surface area contributed by atoms with E-state index >= 15 is 0 Å². The van der Waals surface area contributed by atoms with Gasteiger partial charge in [0, 0.05) is 17.3 Å². The highest BCUT2D eigenvalue weighted by Crippen LogP contribution is 2.20. The van der Waals surface area contributed by atoms with Crippen LogP contribution in [-0.4, -0.2) is 22.7 Å². The Labute approximate surface area is 144 Å². The summed E-state index contributed by atoms with van der Waals surface area (Å²) >= 11 is 0. The second-order valence-corrected chi connectivity index (χ2v) is 5.49. The maximum absolute atomic E-state index is 12.1.